The van der Waals surface area contributed by atoms with E-state index in [1.54, 1.807) is 0 Å². The van der Waals surface area contributed by atoms with Crippen LogP contribution in [0.15, 0.2) is 60.7 Å². The first-order valence-electron chi connectivity index (χ1n) is 8.09. The molecule has 0 heteroatoms. The van der Waals surface area contributed by atoms with Gasteiger partial charge in [-0.3, -0.25) is 0 Å². The third-order valence-electron chi connectivity index (χ3n) is 6.36. The van der Waals surface area contributed by atoms with Crippen molar-refractivity contribution in [2.24, 2.45) is 11.8 Å². The molecular weight excluding hydrogens is 252 g/mol. The molecule has 1 aliphatic rings. The monoisotopic (exact) mass is 278 g/mol. The molecule has 21 heavy (non-hydrogen) atoms. The maximum atomic E-state index is 2.46. The van der Waals surface area contributed by atoms with Gasteiger partial charge in [0.05, 0.1) is 0 Å². The summed E-state index contributed by atoms with van der Waals surface area (Å²) in [5.74, 6) is 1.34. The Morgan fingerprint density at radius 3 is 1.33 bits per heavy atom. The van der Waals surface area contributed by atoms with Crippen LogP contribution in [0.2, 0.25) is 0 Å². The van der Waals surface area contributed by atoms with Crippen molar-refractivity contribution < 1.29 is 0 Å². The van der Waals surface area contributed by atoms with E-state index in [1.165, 1.54) is 17.5 Å². The van der Waals surface area contributed by atoms with Crippen LogP contribution in [-0.4, -0.2) is 0 Å². The molecule has 0 spiro atoms. The first-order valence-corrected chi connectivity index (χ1v) is 8.09. The zero-order chi connectivity index (χ0) is 15.1. The Morgan fingerprint density at radius 1 is 0.667 bits per heavy atom. The Balaban J connectivity index is 2.05. The van der Waals surface area contributed by atoms with Gasteiger partial charge in [0.15, 0.2) is 0 Å². The summed E-state index contributed by atoms with van der Waals surface area (Å²) in [5.41, 5.74) is 3.49. The lowest BCUT2D eigenvalue weighted by atomic mass is 9.72. The molecule has 2 aromatic carbocycles. The van der Waals surface area contributed by atoms with Crippen molar-refractivity contribution in [3.05, 3.63) is 71.8 Å². The van der Waals surface area contributed by atoms with Gasteiger partial charge in [0.25, 0.3) is 0 Å². The first-order chi connectivity index (χ1) is 9.98. The molecule has 1 saturated carbocycles. The molecule has 3 rings (SSSR count). The molecule has 0 N–H and O–H groups in total. The average molecular weight is 278 g/mol. The van der Waals surface area contributed by atoms with Crippen LogP contribution in [0.25, 0.3) is 0 Å². The minimum absolute atomic E-state index is 0.255. The fourth-order valence-corrected chi connectivity index (χ4v) is 4.56. The van der Waals surface area contributed by atoms with Crippen LogP contribution in [0.3, 0.4) is 0 Å². The van der Waals surface area contributed by atoms with E-state index in [4.69, 9.17) is 0 Å². The van der Waals surface area contributed by atoms with Crippen molar-refractivity contribution in [1.82, 2.24) is 0 Å². The highest BCUT2D eigenvalue weighted by Crippen LogP contribution is 2.58. The summed E-state index contributed by atoms with van der Waals surface area (Å²) in [7, 11) is 0. The third kappa shape index (κ3) is 2.12. The van der Waals surface area contributed by atoms with Gasteiger partial charge in [-0.05, 0) is 40.2 Å². The standard InChI is InChI=1S/C21H26/c1-16-17(2)21(4,19-13-9-6-10-14-19)15-20(16,3)18-11-7-5-8-12-18/h5-14,16-17H,15H2,1-4H3. The van der Waals surface area contributed by atoms with Gasteiger partial charge in [-0.25, -0.2) is 0 Å². The summed E-state index contributed by atoms with van der Waals surface area (Å²) in [6.45, 7) is 9.78. The van der Waals surface area contributed by atoms with Crippen LogP contribution in [0, 0.1) is 11.8 Å². The van der Waals surface area contributed by atoms with Crippen molar-refractivity contribution in [3.8, 4) is 0 Å². The molecule has 0 radical (unpaired) electrons. The highest BCUT2D eigenvalue weighted by molar-refractivity contribution is 5.36. The normalized spacial score (nSPS) is 35.8. The lowest BCUT2D eigenvalue weighted by Crippen LogP contribution is -2.26. The lowest BCUT2D eigenvalue weighted by Gasteiger charge is -2.32. The molecule has 0 bridgehead atoms. The van der Waals surface area contributed by atoms with Gasteiger partial charge >= 0.3 is 0 Å². The summed E-state index contributed by atoms with van der Waals surface area (Å²) < 4.78 is 0. The van der Waals surface area contributed by atoms with E-state index in [-0.39, 0.29) is 10.8 Å². The topological polar surface area (TPSA) is 0 Å². The van der Waals surface area contributed by atoms with E-state index in [9.17, 15) is 0 Å². The maximum absolute atomic E-state index is 2.46. The van der Waals surface area contributed by atoms with Crippen molar-refractivity contribution in [2.75, 3.05) is 0 Å². The van der Waals surface area contributed by atoms with E-state index in [1.807, 2.05) is 0 Å². The summed E-state index contributed by atoms with van der Waals surface area (Å²) in [6, 6.07) is 22.2. The van der Waals surface area contributed by atoms with Gasteiger partial charge in [0, 0.05) is 0 Å². The van der Waals surface area contributed by atoms with Crippen molar-refractivity contribution >= 4 is 0 Å². The summed E-state index contributed by atoms with van der Waals surface area (Å²) in [4.78, 5) is 0. The quantitative estimate of drug-likeness (QED) is 0.673. The summed E-state index contributed by atoms with van der Waals surface area (Å²) >= 11 is 0. The van der Waals surface area contributed by atoms with Gasteiger partial charge in [0.1, 0.15) is 0 Å². The van der Waals surface area contributed by atoms with E-state index in [0.29, 0.717) is 11.8 Å². The number of hydrogen-bond donors (Lipinski definition) is 0. The number of benzene rings is 2. The maximum Gasteiger partial charge on any atom is -0.00383 e. The molecule has 0 aliphatic heterocycles. The molecule has 1 aliphatic carbocycles. The Morgan fingerprint density at radius 2 is 1.00 bits per heavy atom. The highest BCUT2D eigenvalue weighted by atomic mass is 14.6. The lowest BCUT2D eigenvalue weighted by molar-refractivity contribution is 0.297. The largest absolute Gasteiger partial charge is 0.0622 e. The minimum Gasteiger partial charge on any atom is -0.0622 e. The van der Waals surface area contributed by atoms with E-state index in [2.05, 4.69) is 88.4 Å². The fraction of sp³-hybridized carbons (Fsp3) is 0.429. The molecule has 0 amide bonds. The smallest absolute Gasteiger partial charge is 0.00383 e. The van der Waals surface area contributed by atoms with Gasteiger partial charge in [0.2, 0.25) is 0 Å². The predicted molar refractivity (Wildman–Crippen MR) is 90.5 cm³/mol. The van der Waals surface area contributed by atoms with E-state index in [0.717, 1.165) is 0 Å². The molecule has 1 fully saturated rings. The van der Waals surface area contributed by atoms with Crippen molar-refractivity contribution in [3.63, 3.8) is 0 Å². The van der Waals surface area contributed by atoms with Crippen LogP contribution in [0.4, 0.5) is 0 Å². The van der Waals surface area contributed by atoms with E-state index < -0.39 is 0 Å². The Kier molecular flexibility index (Phi) is 3.43. The van der Waals surface area contributed by atoms with Crippen LogP contribution < -0.4 is 0 Å². The minimum atomic E-state index is 0.255. The first kappa shape index (κ1) is 14.4. The SMILES string of the molecule is CC1C(C)C(C)(c2ccccc2)CC1(C)c1ccccc1. The van der Waals surface area contributed by atoms with Crippen LogP contribution in [-0.2, 0) is 10.8 Å². The average Bonchev–Trinajstić information content (AvgIpc) is 2.72. The highest BCUT2D eigenvalue weighted by Gasteiger charge is 2.53. The Hall–Kier alpha value is -1.56. The molecule has 110 valence electrons. The zero-order valence-electron chi connectivity index (χ0n) is 13.6. The van der Waals surface area contributed by atoms with Gasteiger partial charge < -0.3 is 0 Å². The van der Waals surface area contributed by atoms with E-state index >= 15 is 0 Å². The molecule has 0 aromatic heterocycles. The van der Waals surface area contributed by atoms with Crippen LogP contribution >= 0.6 is 0 Å². The summed E-state index contributed by atoms with van der Waals surface area (Å²) in [5, 5.41) is 0. The Bertz CT molecular complexity index is 545. The molecule has 2 aromatic rings. The zero-order valence-corrected chi connectivity index (χ0v) is 13.6. The van der Waals surface area contributed by atoms with Crippen molar-refractivity contribution in [2.45, 2.75) is 44.9 Å². The molecule has 4 atom stereocenters. The second-order valence-electron chi connectivity index (χ2n) is 7.32. The second-order valence-corrected chi connectivity index (χ2v) is 7.32. The molecule has 4 unspecified atom stereocenters. The van der Waals surface area contributed by atoms with Crippen LogP contribution in [0.1, 0.15) is 45.2 Å². The number of hydrogen-bond acceptors (Lipinski definition) is 0. The van der Waals surface area contributed by atoms with Crippen LogP contribution in [0.5, 0.6) is 0 Å². The molecule has 0 saturated heterocycles. The third-order valence-corrected chi connectivity index (χ3v) is 6.36. The molecule has 0 nitrogen and oxygen atoms in total. The van der Waals surface area contributed by atoms with Gasteiger partial charge in [-0.1, -0.05) is 88.4 Å². The Labute approximate surface area is 129 Å². The molecular formula is C21H26. The number of rotatable bonds is 2. The second kappa shape index (κ2) is 5.02. The van der Waals surface area contributed by atoms with Gasteiger partial charge in [-0.15, -0.1) is 0 Å². The van der Waals surface area contributed by atoms with Gasteiger partial charge in [-0.2, -0.15) is 0 Å². The fourth-order valence-electron chi connectivity index (χ4n) is 4.56. The molecule has 0 heterocycles. The van der Waals surface area contributed by atoms with Crippen molar-refractivity contribution in [1.29, 1.82) is 0 Å². The summed E-state index contributed by atoms with van der Waals surface area (Å²) in [6.07, 6.45) is 1.22. The predicted octanol–water partition coefficient (Wildman–Crippen LogP) is 5.58.